The van der Waals surface area contributed by atoms with Crippen molar-refractivity contribution in [2.45, 2.75) is 32.6 Å². The number of ketones is 1. The van der Waals surface area contributed by atoms with Crippen LogP contribution in [-0.4, -0.2) is 5.78 Å². The van der Waals surface area contributed by atoms with Gasteiger partial charge in [-0.05, 0) is 55.7 Å². The summed E-state index contributed by atoms with van der Waals surface area (Å²) in [6, 6.07) is 4.01. The Morgan fingerprint density at radius 1 is 1.17 bits per heavy atom. The van der Waals surface area contributed by atoms with Gasteiger partial charge in [-0.2, -0.15) is 0 Å². The van der Waals surface area contributed by atoms with E-state index in [1.165, 1.54) is 19.3 Å². The Morgan fingerprint density at radius 3 is 2.56 bits per heavy atom. The van der Waals surface area contributed by atoms with E-state index in [1.807, 2.05) is 19.1 Å². The molecule has 1 aromatic carbocycles. The Hall–Kier alpha value is -0.150. The molecule has 0 aromatic heterocycles. The largest absolute Gasteiger partial charge is 0.294 e. The highest BCUT2D eigenvalue weighted by Crippen LogP contribution is 2.49. The fourth-order valence-electron chi connectivity index (χ4n) is 3.60. The molecule has 0 amide bonds. The van der Waals surface area contributed by atoms with Crippen molar-refractivity contribution >= 4 is 37.6 Å². The summed E-state index contributed by atoms with van der Waals surface area (Å²) in [5.74, 6) is 2.08. The molecule has 0 aliphatic heterocycles. The Balaban J connectivity index is 1.91. The van der Waals surface area contributed by atoms with Crippen LogP contribution in [0.1, 0.15) is 41.6 Å². The van der Waals surface area contributed by atoms with Crippen molar-refractivity contribution in [3.05, 3.63) is 32.2 Å². The first-order valence-electron chi connectivity index (χ1n) is 6.56. The van der Waals surface area contributed by atoms with E-state index >= 15 is 0 Å². The molecule has 1 nitrogen and oxygen atoms in total. The van der Waals surface area contributed by atoms with Gasteiger partial charge in [0.05, 0.1) is 0 Å². The van der Waals surface area contributed by atoms with Gasteiger partial charge in [0.1, 0.15) is 0 Å². The van der Waals surface area contributed by atoms with Gasteiger partial charge >= 0.3 is 0 Å². The van der Waals surface area contributed by atoms with Crippen LogP contribution in [0.4, 0.5) is 0 Å². The van der Waals surface area contributed by atoms with Crippen LogP contribution in [-0.2, 0) is 0 Å². The van der Waals surface area contributed by atoms with Crippen molar-refractivity contribution in [1.29, 1.82) is 0 Å². The second kappa shape index (κ2) is 4.75. The Morgan fingerprint density at radius 2 is 1.94 bits per heavy atom. The molecule has 0 radical (unpaired) electrons. The van der Waals surface area contributed by atoms with Gasteiger partial charge in [0.15, 0.2) is 5.78 Å². The second-order valence-electron chi connectivity index (χ2n) is 5.73. The molecule has 0 N–H and O–H groups in total. The van der Waals surface area contributed by atoms with Crippen LogP contribution >= 0.6 is 31.9 Å². The molecule has 3 unspecified atom stereocenters. The molecule has 0 saturated heterocycles. The van der Waals surface area contributed by atoms with Crippen LogP contribution in [0, 0.1) is 24.7 Å². The van der Waals surface area contributed by atoms with Crippen molar-refractivity contribution in [3.63, 3.8) is 0 Å². The Bertz CT molecular complexity index is 509. The van der Waals surface area contributed by atoms with Crippen LogP contribution in [0.2, 0.25) is 0 Å². The molecular formula is C15H16Br2O. The summed E-state index contributed by atoms with van der Waals surface area (Å²) in [5.41, 5.74) is 2.01. The summed E-state index contributed by atoms with van der Waals surface area (Å²) in [4.78, 5) is 12.7. The van der Waals surface area contributed by atoms with E-state index in [0.29, 0.717) is 11.7 Å². The van der Waals surface area contributed by atoms with Crippen LogP contribution in [0.5, 0.6) is 0 Å². The van der Waals surface area contributed by atoms with E-state index in [9.17, 15) is 4.79 Å². The fraction of sp³-hybridized carbons (Fsp3) is 0.533. The van der Waals surface area contributed by atoms with E-state index in [1.54, 1.807) is 0 Å². The zero-order valence-electron chi connectivity index (χ0n) is 10.4. The number of rotatable bonds is 2. The normalized spacial score (nSPS) is 29.8. The third kappa shape index (κ3) is 2.09. The second-order valence-corrected chi connectivity index (χ2v) is 7.44. The molecule has 2 bridgehead atoms. The van der Waals surface area contributed by atoms with Gasteiger partial charge in [-0.1, -0.05) is 38.3 Å². The number of carbonyl (C=O) groups is 1. The fourth-order valence-corrected chi connectivity index (χ4v) is 4.60. The first-order chi connectivity index (χ1) is 8.56. The maximum atomic E-state index is 12.7. The lowest BCUT2D eigenvalue weighted by atomic mass is 9.83. The molecule has 3 rings (SSSR count). The number of hydrogen-bond acceptors (Lipinski definition) is 1. The minimum atomic E-state index is 0.273. The highest BCUT2D eigenvalue weighted by atomic mass is 79.9. The molecule has 2 saturated carbocycles. The summed E-state index contributed by atoms with van der Waals surface area (Å²) in [6.07, 6.45) is 4.99. The van der Waals surface area contributed by atoms with Crippen molar-refractivity contribution in [2.75, 3.05) is 0 Å². The average molecular weight is 372 g/mol. The van der Waals surface area contributed by atoms with Gasteiger partial charge in [0.2, 0.25) is 0 Å². The first kappa shape index (κ1) is 12.9. The number of fused-ring (bicyclic) bond motifs is 2. The monoisotopic (exact) mass is 370 g/mol. The minimum Gasteiger partial charge on any atom is -0.294 e. The third-order valence-electron chi connectivity index (χ3n) is 4.59. The van der Waals surface area contributed by atoms with Crippen molar-refractivity contribution in [2.24, 2.45) is 17.8 Å². The van der Waals surface area contributed by atoms with E-state index in [0.717, 1.165) is 32.4 Å². The number of carbonyl (C=O) groups excluding carboxylic acids is 1. The predicted octanol–water partition coefficient (Wildman–Crippen LogP) is 5.14. The molecule has 2 fully saturated rings. The smallest absolute Gasteiger partial charge is 0.167 e. The van der Waals surface area contributed by atoms with E-state index in [2.05, 4.69) is 31.9 Å². The van der Waals surface area contributed by atoms with Crippen molar-refractivity contribution in [1.82, 2.24) is 0 Å². The number of Topliss-reactive ketones (excluding diaryl/α,β-unsaturated/α-hetero) is 1. The zero-order chi connectivity index (χ0) is 12.9. The topological polar surface area (TPSA) is 17.1 Å². The van der Waals surface area contributed by atoms with E-state index in [-0.39, 0.29) is 5.92 Å². The maximum Gasteiger partial charge on any atom is 0.167 e. The molecule has 0 spiro atoms. The summed E-state index contributed by atoms with van der Waals surface area (Å²) in [5, 5.41) is 0. The number of halogens is 2. The lowest BCUT2D eigenvalue weighted by Crippen LogP contribution is -2.21. The molecule has 2 aliphatic rings. The van der Waals surface area contributed by atoms with E-state index < -0.39 is 0 Å². The molecule has 18 heavy (non-hydrogen) atoms. The molecule has 0 heterocycles. The molecule has 1 aromatic rings. The molecule has 3 atom stereocenters. The first-order valence-corrected chi connectivity index (χ1v) is 8.14. The molecule has 2 aliphatic carbocycles. The maximum absolute atomic E-state index is 12.7. The number of aryl methyl sites for hydroxylation is 1. The number of benzene rings is 1. The quantitative estimate of drug-likeness (QED) is 0.658. The SMILES string of the molecule is Cc1cc(Br)c(C(=O)C2CC3CCC2C3)cc1Br. The minimum absolute atomic E-state index is 0.273. The van der Waals surface area contributed by atoms with Crippen LogP contribution in [0.15, 0.2) is 21.1 Å². The lowest BCUT2D eigenvalue weighted by molar-refractivity contribution is 0.0874. The highest BCUT2D eigenvalue weighted by molar-refractivity contribution is 9.11. The van der Waals surface area contributed by atoms with Crippen LogP contribution in [0.3, 0.4) is 0 Å². The molecule has 96 valence electrons. The van der Waals surface area contributed by atoms with Gasteiger partial charge in [0, 0.05) is 20.4 Å². The van der Waals surface area contributed by atoms with Crippen LogP contribution < -0.4 is 0 Å². The van der Waals surface area contributed by atoms with Gasteiger partial charge in [-0.15, -0.1) is 0 Å². The van der Waals surface area contributed by atoms with Crippen molar-refractivity contribution in [3.8, 4) is 0 Å². The van der Waals surface area contributed by atoms with Gasteiger partial charge in [-0.3, -0.25) is 4.79 Å². The van der Waals surface area contributed by atoms with Gasteiger partial charge in [-0.25, -0.2) is 0 Å². The number of hydrogen-bond donors (Lipinski definition) is 0. The summed E-state index contributed by atoms with van der Waals surface area (Å²) < 4.78 is 1.97. The van der Waals surface area contributed by atoms with Crippen LogP contribution in [0.25, 0.3) is 0 Å². The Labute approximate surface area is 125 Å². The average Bonchev–Trinajstić information content (AvgIpc) is 2.95. The third-order valence-corrected chi connectivity index (χ3v) is 6.10. The summed E-state index contributed by atoms with van der Waals surface area (Å²) in [7, 11) is 0. The predicted molar refractivity (Wildman–Crippen MR) is 79.8 cm³/mol. The van der Waals surface area contributed by atoms with E-state index in [4.69, 9.17) is 0 Å². The zero-order valence-corrected chi connectivity index (χ0v) is 13.6. The van der Waals surface area contributed by atoms with Gasteiger partial charge < -0.3 is 0 Å². The lowest BCUT2D eigenvalue weighted by Gasteiger charge is -2.21. The Kier molecular flexibility index (Phi) is 3.39. The standard InChI is InChI=1S/C15H16Br2O/c1-8-4-14(17)12(7-13(8)16)15(18)11-6-9-2-3-10(11)5-9/h4,7,9-11H,2-3,5-6H2,1H3. The molecular weight excluding hydrogens is 356 g/mol. The highest BCUT2D eigenvalue weighted by Gasteiger charge is 2.43. The molecule has 3 heteroatoms. The van der Waals surface area contributed by atoms with Crippen molar-refractivity contribution < 1.29 is 4.79 Å². The summed E-state index contributed by atoms with van der Waals surface area (Å²) >= 11 is 7.07. The van der Waals surface area contributed by atoms with Gasteiger partial charge in [0.25, 0.3) is 0 Å². The summed E-state index contributed by atoms with van der Waals surface area (Å²) in [6.45, 7) is 2.04.